The lowest BCUT2D eigenvalue weighted by molar-refractivity contribution is -0.142. The summed E-state index contributed by atoms with van der Waals surface area (Å²) in [6, 6.07) is 7.85. The first-order valence-corrected chi connectivity index (χ1v) is 9.21. The van der Waals surface area contributed by atoms with Crippen molar-refractivity contribution in [3.63, 3.8) is 0 Å². The van der Waals surface area contributed by atoms with E-state index in [1.807, 2.05) is 0 Å². The van der Waals surface area contributed by atoms with E-state index in [-0.39, 0.29) is 34.4 Å². The summed E-state index contributed by atoms with van der Waals surface area (Å²) < 4.78 is 55.1. The number of nitrogens with one attached hydrogen (secondary N) is 1. The number of amides is 1. The Labute approximate surface area is 177 Å². The van der Waals surface area contributed by atoms with Gasteiger partial charge in [0.25, 0.3) is 5.91 Å². The number of anilines is 1. The average molecular weight is 453 g/mol. The predicted molar refractivity (Wildman–Crippen MR) is 103 cm³/mol. The molecular formula is C19H13ClF4N6O. The van der Waals surface area contributed by atoms with Gasteiger partial charge in [0.05, 0.1) is 6.54 Å². The molecule has 1 N–H and O–H groups in total. The molecule has 0 bridgehead atoms. The third-order valence-electron chi connectivity index (χ3n) is 4.26. The number of rotatable bonds is 4. The molecule has 0 saturated heterocycles. The van der Waals surface area contributed by atoms with Gasteiger partial charge in [-0.15, -0.1) is 0 Å². The van der Waals surface area contributed by atoms with Crippen molar-refractivity contribution in [2.24, 2.45) is 0 Å². The molecule has 0 saturated carbocycles. The second kappa shape index (κ2) is 7.65. The highest BCUT2D eigenvalue weighted by Gasteiger charge is 2.35. The van der Waals surface area contributed by atoms with Gasteiger partial charge >= 0.3 is 6.18 Å². The van der Waals surface area contributed by atoms with Gasteiger partial charge in [-0.25, -0.2) is 13.9 Å². The summed E-state index contributed by atoms with van der Waals surface area (Å²) in [7, 11) is 0. The Morgan fingerprint density at radius 1 is 1.19 bits per heavy atom. The molecule has 3 aromatic heterocycles. The van der Waals surface area contributed by atoms with Crippen LogP contribution >= 0.6 is 11.6 Å². The maximum Gasteiger partial charge on any atom is 0.433 e. The minimum atomic E-state index is -4.68. The van der Waals surface area contributed by atoms with Gasteiger partial charge in [0.2, 0.25) is 0 Å². The molecule has 4 aromatic rings. The molecular weight excluding hydrogens is 440 g/mol. The van der Waals surface area contributed by atoms with Crippen LogP contribution in [0.3, 0.4) is 0 Å². The van der Waals surface area contributed by atoms with Crippen LogP contribution in [0.25, 0.3) is 5.65 Å². The molecule has 0 aliphatic carbocycles. The van der Waals surface area contributed by atoms with E-state index in [1.54, 1.807) is 12.1 Å². The molecule has 0 aliphatic heterocycles. The van der Waals surface area contributed by atoms with E-state index in [2.05, 4.69) is 20.5 Å². The number of alkyl halides is 3. The van der Waals surface area contributed by atoms with Gasteiger partial charge in [-0.1, -0.05) is 23.7 Å². The van der Waals surface area contributed by atoms with Crippen molar-refractivity contribution in [1.82, 2.24) is 24.4 Å². The third kappa shape index (κ3) is 4.36. The summed E-state index contributed by atoms with van der Waals surface area (Å²) in [6.45, 7) is 1.60. The molecule has 7 nitrogen and oxygen atoms in total. The van der Waals surface area contributed by atoms with Crippen LogP contribution < -0.4 is 5.32 Å². The van der Waals surface area contributed by atoms with Crippen LogP contribution in [-0.4, -0.2) is 30.3 Å². The summed E-state index contributed by atoms with van der Waals surface area (Å²) in [6.07, 6.45) is -3.25. The molecule has 3 heterocycles. The van der Waals surface area contributed by atoms with E-state index in [9.17, 15) is 22.4 Å². The molecule has 160 valence electrons. The summed E-state index contributed by atoms with van der Waals surface area (Å²) in [4.78, 5) is 16.5. The van der Waals surface area contributed by atoms with E-state index in [0.717, 1.165) is 12.1 Å². The number of hydrogen-bond acceptors (Lipinski definition) is 4. The van der Waals surface area contributed by atoms with Crippen molar-refractivity contribution in [2.75, 3.05) is 5.32 Å². The number of carbonyl (C=O) groups excluding carboxylic acids is 1. The second-order valence-electron chi connectivity index (χ2n) is 6.69. The highest BCUT2D eigenvalue weighted by Crippen LogP contribution is 2.30. The van der Waals surface area contributed by atoms with Crippen LogP contribution in [0.2, 0.25) is 5.02 Å². The normalized spacial score (nSPS) is 11.8. The zero-order valence-corrected chi connectivity index (χ0v) is 16.5. The molecule has 12 heteroatoms. The number of carbonyl (C=O) groups is 1. The standard InChI is InChI=1S/C19H13ClF4N6O/c1-10-5-15(19(22,23)24)30-16(25-10)7-14(27-30)18(31)26-17-13(20)9-29(28-17)8-11-3-2-4-12(21)6-11/h2-7,9H,8H2,1H3,(H,26,28,31). The Bertz CT molecular complexity index is 1300. The van der Waals surface area contributed by atoms with Crippen molar-refractivity contribution >= 4 is 29.0 Å². The minimum absolute atomic E-state index is 0.0136. The van der Waals surface area contributed by atoms with Crippen LogP contribution in [0.4, 0.5) is 23.4 Å². The zero-order valence-electron chi connectivity index (χ0n) is 15.8. The first kappa shape index (κ1) is 20.8. The molecule has 1 amide bonds. The Balaban J connectivity index is 1.59. The smallest absolute Gasteiger partial charge is 0.302 e. The number of nitrogens with zero attached hydrogens (tertiary/aromatic N) is 5. The molecule has 1 aromatic carbocycles. The van der Waals surface area contributed by atoms with E-state index in [0.29, 0.717) is 10.1 Å². The molecule has 4 rings (SSSR count). The van der Waals surface area contributed by atoms with Crippen molar-refractivity contribution < 1.29 is 22.4 Å². The summed E-state index contributed by atoms with van der Waals surface area (Å²) in [5.41, 5.74) is -0.713. The zero-order chi connectivity index (χ0) is 22.3. The lowest BCUT2D eigenvalue weighted by Gasteiger charge is -2.09. The molecule has 0 spiro atoms. The van der Waals surface area contributed by atoms with Crippen LogP contribution in [0.1, 0.15) is 27.4 Å². The van der Waals surface area contributed by atoms with E-state index in [1.165, 1.54) is 29.9 Å². The molecule has 0 unspecified atom stereocenters. The Morgan fingerprint density at radius 3 is 2.68 bits per heavy atom. The topological polar surface area (TPSA) is 77.1 Å². The van der Waals surface area contributed by atoms with Crippen molar-refractivity contribution in [3.05, 3.63) is 76.1 Å². The quantitative estimate of drug-likeness (QED) is 0.467. The number of benzene rings is 1. The van der Waals surface area contributed by atoms with E-state index < -0.39 is 23.6 Å². The van der Waals surface area contributed by atoms with Gasteiger partial charge in [-0.05, 0) is 30.7 Å². The van der Waals surface area contributed by atoms with E-state index >= 15 is 0 Å². The maximum absolute atomic E-state index is 13.3. The first-order valence-electron chi connectivity index (χ1n) is 8.83. The number of fused-ring (bicyclic) bond motifs is 1. The number of aryl methyl sites for hydroxylation is 1. The molecule has 0 atom stereocenters. The average Bonchev–Trinajstić information content (AvgIpc) is 3.23. The molecule has 0 radical (unpaired) electrons. The fourth-order valence-electron chi connectivity index (χ4n) is 2.97. The van der Waals surface area contributed by atoms with Gasteiger partial charge in [-0.3, -0.25) is 9.48 Å². The molecule has 0 fully saturated rings. The highest BCUT2D eigenvalue weighted by atomic mass is 35.5. The van der Waals surface area contributed by atoms with Crippen LogP contribution in [0.5, 0.6) is 0 Å². The highest BCUT2D eigenvalue weighted by molar-refractivity contribution is 6.33. The van der Waals surface area contributed by atoms with Crippen molar-refractivity contribution in [3.8, 4) is 0 Å². The Kier molecular flexibility index (Phi) is 5.13. The predicted octanol–water partition coefficient (Wildman–Crippen LogP) is 4.35. The summed E-state index contributed by atoms with van der Waals surface area (Å²) >= 11 is 6.10. The number of halogens is 5. The number of hydrogen-bond donors (Lipinski definition) is 1. The lowest BCUT2D eigenvalue weighted by Crippen LogP contribution is -2.16. The summed E-state index contributed by atoms with van der Waals surface area (Å²) in [5.74, 6) is -1.23. The fraction of sp³-hybridized carbons (Fsp3) is 0.158. The van der Waals surface area contributed by atoms with Gasteiger partial charge in [0.15, 0.2) is 17.2 Å². The van der Waals surface area contributed by atoms with Gasteiger partial charge in [-0.2, -0.15) is 23.4 Å². The number of aromatic nitrogens is 5. The largest absolute Gasteiger partial charge is 0.433 e. The molecule has 31 heavy (non-hydrogen) atoms. The van der Waals surface area contributed by atoms with Gasteiger partial charge < -0.3 is 5.32 Å². The molecule has 0 aliphatic rings. The maximum atomic E-state index is 13.3. The Hall–Kier alpha value is -3.47. The van der Waals surface area contributed by atoms with Gasteiger partial charge in [0.1, 0.15) is 16.5 Å². The van der Waals surface area contributed by atoms with Crippen LogP contribution in [0, 0.1) is 12.7 Å². The minimum Gasteiger partial charge on any atom is -0.302 e. The third-order valence-corrected chi connectivity index (χ3v) is 4.54. The SMILES string of the molecule is Cc1cc(C(F)(F)F)n2nc(C(=O)Nc3nn(Cc4cccc(F)c4)cc3Cl)cc2n1. The van der Waals surface area contributed by atoms with Crippen LogP contribution in [-0.2, 0) is 12.7 Å². The second-order valence-corrected chi connectivity index (χ2v) is 7.09. The first-order chi connectivity index (χ1) is 14.6. The van der Waals surface area contributed by atoms with Crippen LogP contribution in [0.15, 0.2) is 42.6 Å². The lowest BCUT2D eigenvalue weighted by atomic mass is 10.2. The van der Waals surface area contributed by atoms with Gasteiger partial charge in [0, 0.05) is 18.0 Å². The Morgan fingerprint density at radius 2 is 1.97 bits per heavy atom. The van der Waals surface area contributed by atoms with Crippen molar-refractivity contribution in [1.29, 1.82) is 0 Å². The van der Waals surface area contributed by atoms with E-state index in [4.69, 9.17) is 11.6 Å². The fourth-order valence-corrected chi connectivity index (χ4v) is 3.17. The van der Waals surface area contributed by atoms with Crippen molar-refractivity contribution in [2.45, 2.75) is 19.6 Å². The monoisotopic (exact) mass is 452 g/mol. The summed E-state index contributed by atoms with van der Waals surface area (Å²) in [5, 5.41) is 10.4.